The van der Waals surface area contributed by atoms with Gasteiger partial charge in [-0.3, -0.25) is 4.79 Å². The number of nitriles is 1. The molecule has 0 saturated heterocycles. The van der Waals surface area contributed by atoms with Crippen LogP contribution in [-0.2, 0) is 11.2 Å². The highest BCUT2D eigenvalue weighted by molar-refractivity contribution is 5.92. The zero-order valence-corrected chi connectivity index (χ0v) is 9.76. The van der Waals surface area contributed by atoms with Crippen LogP contribution in [-0.4, -0.2) is 5.91 Å². The Morgan fingerprint density at radius 1 is 1.06 bits per heavy atom. The van der Waals surface area contributed by atoms with Crippen LogP contribution in [0.5, 0.6) is 0 Å². The molecule has 2 aromatic rings. The van der Waals surface area contributed by atoms with Crippen molar-refractivity contribution in [2.45, 2.75) is 6.42 Å². The van der Waals surface area contributed by atoms with Gasteiger partial charge in [0.15, 0.2) is 0 Å². The summed E-state index contributed by atoms with van der Waals surface area (Å²) in [5.41, 5.74) is 2.28. The van der Waals surface area contributed by atoms with E-state index in [9.17, 15) is 4.79 Å². The van der Waals surface area contributed by atoms with E-state index >= 15 is 0 Å². The number of anilines is 1. The van der Waals surface area contributed by atoms with Gasteiger partial charge in [0, 0.05) is 5.69 Å². The molecule has 3 heteroatoms. The molecule has 3 nitrogen and oxygen atoms in total. The first-order chi connectivity index (χ1) is 8.78. The standard InChI is InChI=1S/C15H12N2O/c16-11-13-8-6-12(7-9-13)10-15(18)17-14-4-2-1-3-5-14/h1-9H,10H2,(H,17,18). The van der Waals surface area contributed by atoms with E-state index in [-0.39, 0.29) is 5.91 Å². The minimum absolute atomic E-state index is 0.0640. The van der Waals surface area contributed by atoms with Crippen LogP contribution in [0, 0.1) is 11.3 Å². The van der Waals surface area contributed by atoms with Crippen LogP contribution in [0.3, 0.4) is 0 Å². The third-order valence-corrected chi connectivity index (χ3v) is 2.51. The molecule has 0 spiro atoms. The van der Waals surface area contributed by atoms with Crippen LogP contribution in [0.4, 0.5) is 5.69 Å². The van der Waals surface area contributed by atoms with Crippen molar-refractivity contribution in [1.29, 1.82) is 5.26 Å². The average Bonchev–Trinajstić information content (AvgIpc) is 2.40. The minimum Gasteiger partial charge on any atom is -0.326 e. The van der Waals surface area contributed by atoms with Crippen molar-refractivity contribution >= 4 is 11.6 Å². The van der Waals surface area contributed by atoms with Gasteiger partial charge >= 0.3 is 0 Å². The molecular weight excluding hydrogens is 224 g/mol. The maximum Gasteiger partial charge on any atom is 0.228 e. The summed E-state index contributed by atoms with van der Waals surface area (Å²) in [6.07, 6.45) is 0.306. The summed E-state index contributed by atoms with van der Waals surface area (Å²) in [7, 11) is 0. The molecule has 0 aliphatic carbocycles. The maximum absolute atomic E-state index is 11.8. The van der Waals surface area contributed by atoms with E-state index in [0.717, 1.165) is 11.3 Å². The number of hydrogen-bond donors (Lipinski definition) is 1. The van der Waals surface area contributed by atoms with E-state index in [4.69, 9.17) is 5.26 Å². The molecule has 2 rings (SSSR count). The van der Waals surface area contributed by atoms with E-state index in [2.05, 4.69) is 5.32 Å². The van der Waals surface area contributed by atoms with Gasteiger partial charge in [-0.25, -0.2) is 0 Å². The van der Waals surface area contributed by atoms with Crippen molar-refractivity contribution in [3.63, 3.8) is 0 Å². The van der Waals surface area contributed by atoms with Crippen molar-refractivity contribution < 1.29 is 4.79 Å². The lowest BCUT2D eigenvalue weighted by Gasteiger charge is -2.04. The van der Waals surface area contributed by atoms with Gasteiger partial charge in [-0.15, -0.1) is 0 Å². The Balaban J connectivity index is 1.97. The van der Waals surface area contributed by atoms with Crippen molar-refractivity contribution in [2.75, 3.05) is 5.32 Å². The number of para-hydroxylation sites is 1. The second-order valence-electron chi connectivity index (χ2n) is 3.90. The van der Waals surface area contributed by atoms with Crippen LogP contribution in [0.2, 0.25) is 0 Å². The Labute approximate surface area is 106 Å². The van der Waals surface area contributed by atoms with E-state index in [1.54, 1.807) is 24.3 Å². The minimum atomic E-state index is -0.0640. The Bertz CT molecular complexity index is 568. The van der Waals surface area contributed by atoms with E-state index < -0.39 is 0 Å². The summed E-state index contributed by atoms with van der Waals surface area (Å²) in [6.45, 7) is 0. The highest BCUT2D eigenvalue weighted by Crippen LogP contribution is 2.08. The zero-order chi connectivity index (χ0) is 12.8. The topological polar surface area (TPSA) is 52.9 Å². The van der Waals surface area contributed by atoms with E-state index in [0.29, 0.717) is 12.0 Å². The predicted molar refractivity (Wildman–Crippen MR) is 69.9 cm³/mol. The Morgan fingerprint density at radius 3 is 2.33 bits per heavy atom. The molecule has 0 radical (unpaired) electrons. The summed E-state index contributed by atoms with van der Waals surface area (Å²) in [5.74, 6) is -0.0640. The van der Waals surface area contributed by atoms with Gasteiger partial charge in [0.2, 0.25) is 5.91 Å². The first kappa shape index (κ1) is 11.9. The van der Waals surface area contributed by atoms with Crippen molar-refractivity contribution in [3.8, 4) is 6.07 Å². The fourth-order valence-electron chi connectivity index (χ4n) is 1.61. The van der Waals surface area contributed by atoms with Gasteiger partial charge in [-0.2, -0.15) is 5.26 Å². The van der Waals surface area contributed by atoms with Crippen LogP contribution in [0.15, 0.2) is 54.6 Å². The molecule has 0 heterocycles. The van der Waals surface area contributed by atoms with E-state index in [1.807, 2.05) is 36.4 Å². The number of rotatable bonds is 3. The van der Waals surface area contributed by atoms with Crippen LogP contribution >= 0.6 is 0 Å². The summed E-state index contributed by atoms with van der Waals surface area (Å²) >= 11 is 0. The third-order valence-electron chi connectivity index (χ3n) is 2.51. The smallest absolute Gasteiger partial charge is 0.228 e. The summed E-state index contributed by atoms with van der Waals surface area (Å²) in [4.78, 5) is 11.8. The van der Waals surface area contributed by atoms with Crippen molar-refractivity contribution in [2.24, 2.45) is 0 Å². The maximum atomic E-state index is 11.8. The lowest BCUT2D eigenvalue weighted by atomic mass is 10.1. The van der Waals surface area contributed by atoms with Gasteiger partial charge in [-0.05, 0) is 29.8 Å². The van der Waals surface area contributed by atoms with Crippen molar-refractivity contribution in [1.82, 2.24) is 0 Å². The summed E-state index contributed by atoms with van der Waals surface area (Å²) in [6, 6.07) is 18.4. The van der Waals surface area contributed by atoms with Gasteiger partial charge in [0.1, 0.15) is 0 Å². The Hall–Kier alpha value is -2.60. The highest BCUT2D eigenvalue weighted by Gasteiger charge is 2.03. The molecule has 0 aliphatic heterocycles. The van der Waals surface area contributed by atoms with Gasteiger partial charge in [-0.1, -0.05) is 30.3 Å². The molecule has 18 heavy (non-hydrogen) atoms. The first-order valence-corrected chi connectivity index (χ1v) is 5.62. The van der Waals surface area contributed by atoms with Gasteiger partial charge < -0.3 is 5.32 Å². The van der Waals surface area contributed by atoms with Crippen LogP contribution < -0.4 is 5.32 Å². The summed E-state index contributed by atoms with van der Waals surface area (Å²) < 4.78 is 0. The Morgan fingerprint density at radius 2 is 1.72 bits per heavy atom. The number of hydrogen-bond acceptors (Lipinski definition) is 2. The first-order valence-electron chi connectivity index (χ1n) is 5.62. The van der Waals surface area contributed by atoms with Gasteiger partial charge in [0.25, 0.3) is 0 Å². The number of benzene rings is 2. The number of amides is 1. The van der Waals surface area contributed by atoms with Crippen LogP contribution in [0.25, 0.3) is 0 Å². The fraction of sp³-hybridized carbons (Fsp3) is 0.0667. The normalized spacial score (nSPS) is 9.50. The lowest BCUT2D eigenvalue weighted by Crippen LogP contribution is -2.14. The fourth-order valence-corrected chi connectivity index (χ4v) is 1.61. The second kappa shape index (κ2) is 5.65. The predicted octanol–water partition coefficient (Wildman–Crippen LogP) is 2.74. The van der Waals surface area contributed by atoms with Crippen LogP contribution in [0.1, 0.15) is 11.1 Å². The monoisotopic (exact) mass is 236 g/mol. The Kier molecular flexibility index (Phi) is 3.72. The molecular formula is C15H12N2O. The molecule has 0 fully saturated rings. The zero-order valence-electron chi connectivity index (χ0n) is 9.76. The van der Waals surface area contributed by atoms with Crippen molar-refractivity contribution in [3.05, 3.63) is 65.7 Å². The third kappa shape index (κ3) is 3.19. The summed E-state index contributed by atoms with van der Waals surface area (Å²) in [5, 5.41) is 11.5. The number of carbonyl (C=O) groups is 1. The second-order valence-corrected chi connectivity index (χ2v) is 3.90. The largest absolute Gasteiger partial charge is 0.326 e. The molecule has 2 aromatic carbocycles. The molecule has 0 bridgehead atoms. The average molecular weight is 236 g/mol. The lowest BCUT2D eigenvalue weighted by molar-refractivity contribution is -0.115. The molecule has 1 N–H and O–H groups in total. The quantitative estimate of drug-likeness (QED) is 0.890. The highest BCUT2D eigenvalue weighted by atomic mass is 16.1. The molecule has 0 aliphatic rings. The molecule has 0 unspecified atom stereocenters. The number of carbonyl (C=O) groups excluding carboxylic acids is 1. The number of nitrogens with zero attached hydrogens (tertiary/aromatic N) is 1. The SMILES string of the molecule is N#Cc1ccc(CC(=O)Nc2ccccc2)cc1. The molecule has 0 atom stereocenters. The van der Waals surface area contributed by atoms with Gasteiger partial charge in [0.05, 0.1) is 18.1 Å². The molecule has 1 amide bonds. The molecule has 0 aromatic heterocycles. The van der Waals surface area contributed by atoms with E-state index in [1.165, 1.54) is 0 Å². The molecule has 88 valence electrons. The number of nitrogens with one attached hydrogen (secondary N) is 1. The molecule has 0 saturated carbocycles.